The Morgan fingerprint density at radius 1 is 1.43 bits per heavy atom. The normalized spacial score (nSPS) is 17.6. The lowest BCUT2D eigenvalue weighted by Gasteiger charge is -2.25. The number of rotatable bonds is 5. The number of hydrogen-bond donors (Lipinski definition) is 0. The fourth-order valence-electron chi connectivity index (χ4n) is 1.49. The SMILES string of the molecule is CCOCCCN1CCC(=O)CC1=O. The molecule has 0 unspecified atom stereocenters. The van der Waals surface area contributed by atoms with E-state index in [9.17, 15) is 9.59 Å². The Labute approximate surface area is 84.2 Å². The van der Waals surface area contributed by atoms with Crippen LogP contribution in [0.2, 0.25) is 0 Å². The van der Waals surface area contributed by atoms with E-state index in [1.165, 1.54) is 0 Å². The first-order chi connectivity index (χ1) is 6.74. The number of nitrogens with zero attached hydrogens (tertiary/aromatic N) is 1. The molecule has 1 rings (SSSR count). The van der Waals surface area contributed by atoms with Crippen LogP contribution in [-0.2, 0) is 14.3 Å². The highest BCUT2D eigenvalue weighted by atomic mass is 16.5. The summed E-state index contributed by atoms with van der Waals surface area (Å²) in [5, 5.41) is 0. The van der Waals surface area contributed by atoms with Crippen LogP contribution in [0.25, 0.3) is 0 Å². The molecule has 0 atom stereocenters. The largest absolute Gasteiger partial charge is 0.382 e. The van der Waals surface area contributed by atoms with Crippen molar-refractivity contribution in [2.75, 3.05) is 26.3 Å². The molecule has 0 aromatic rings. The van der Waals surface area contributed by atoms with Crippen molar-refractivity contribution in [1.82, 2.24) is 4.90 Å². The quantitative estimate of drug-likeness (QED) is 0.481. The minimum Gasteiger partial charge on any atom is -0.382 e. The average molecular weight is 199 g/mol. The molecule has 1 heterocycles. The van der Waals surface area contributed by atoms with E-state index >= 15 is 0 Å². The lowest BCUT2D eigenvalue weighted by atomic mass is 10.1. The fraction of sp³-hybridized carbons (Fsp3) is 0.800. The highest BCUT2D eigenvalue weighted by molar-refractivity contribution is 6.00. The predicted molar refractivity (Wildman–Crippen MR) is 51.9 cm³/mol. The summed E-state index contributed by atoms with van der Waals surface area (Å²) >= 11 is 0. The molecule has 0 aromatic carbocycles. The zero-order valence-corrected chi connectivity index (χ0v) is 8.62. The summed E-state index contributed by atoms with van der Waals surface area (Å²) in [4.78, 5) is 24.0. The molecule has 0 N–H and O–H groups in total. The molecule has 1 fully saturated rings. The second-order valence-electron chi connectivity index (χ2n) is 3.40. The van der Waals surface area contributed by atoms with Crippen molar-refractivity contribution < 1.29 is 14.3 Å². The van der Waals surface area contributed by atoms with Gasteiger partial charge in [-0.3, -0.25) is 9.59 Å². The van der Waals surface area contributed by atoms with Crippen LogP contribution < -0.4 is 0 Å². The third kappa shape index (κ3) is 3.46. The molecule has 0 saturated carbocycles. The minimum absolute atomic E-state index is 0.0299. The summed E-state index contributed by atoms with van der Waals surface area (Å²) in [5.41, 5.74) is 0. The monoisotopic (exact) mass is 199 g/mol. The zero-order valence-electron chi connectivity index (χ0n) is 8.62. The van der Waals surface area contributed by atoms with Crippen LogP contribution in [0.5, 0.6) is 0 Å². The molecular formula is C10H17NO3. The van der Waals surface area contributed by atoms with Crippen LogP contribution in [0, 0.1) is 0 Å². The van der Waals surface area contributed by atoms with E-state index in [4.69, 9.17) is 4.74 Å². The van der Waals surface area contributed by atoms with Gasteiger partial charge in [0.15, 0.2) is 0 Å². The number of hydrogen-bond acceptors (Lipinski definition) is 3. The standard InChI is InChI=1S/C10H17NO3/c1-2-14-7-3-5-11-6-4-9(12)8-10(11)13/h2-8H2,1H3. The van der Waals surface area contributed by atoms with Crippen molar-refractivity contribution in [3.8, 4) is 0 Å². The summed E-state index contributed by atoms with van der Waals surface area (Å²) in [5.74, 6) is 0.0359. The van der Waals surface area contributed by atoms with Gasteiger partial charge in [0.2, 0.25) is 5.91 Å². The van der Waals surface area contributed by atoms with Crippen molar-refractivity contribution in [2.45, 2.75) is 26.2 Å². The topological polar surface area (TPSA) is 46.6 Å². The molecule has 0 radical (unpaired) electrons. The van der Waals surface area contributed by atoms with Crippen LogP contribution in [0.15, 0.2) is 0 Å². The van der Waals surface area contributed by atoms with E-state index in [-0.39, 0.29) is 18.1 Å². The van der Waals surface area contributed by atoms with Crippen LogP contribution in [0.1, 0.15) is 26.2 Å². The molecule has 1 aliphatic rings. The van der Waals surface area contributed by atoms with Crippen molar-refractivity contribution in [3.05, 3.63) is 0 Å². The van der Waals surface area contributed by atoms with Gasteiger partial charge in [0, 0.05) is 32.7 Å². The maximum absolute atomic E-state index is 11.3. The lowest BCUT2D eigenvalue weighted by molar-refractivity contribution is -0.139. The van der Waals surface area contributed by atoms with Crippen LogP contribution >= 0.6 is 0 Å². The van der Waals surface area contributed by atoms with E-state index < -0.39 is 0 Å². The molecule has 80 valence electrons. The summed E-state index contributed by atoms with van der Waals surface area (Å²) < 4.78 is 5.18. The van der Waals surface area contributed by atoms with Gasteiger partial charge >= 0.3 is 0 Å². The van der Waals surface area contributed by atoms with E-state index in [0.717, 1.165) is 6.42 Å². The predicted octanol–water partition coefficient (Wildman–Crippen LogP) is 0.604. The number of likely N-dealkylation sites (tertiary alicyclic amines) is 1. The molecule has 1 amide bonds. The molecule has 14 heavy (non-hydrogen) atoms. The smallest absolute Gasteiger partial charge is 0.230 e. The van der Waals surface area contributed by atoms with Crippen molar-refractivity contribution >= 4 is 11.7 Å². The van der Waals surface area contributed by atoms with Crippen molar-refractivity contribution in [1.29, 1.82) is 0 Å². The number of Topliss-reactive ketones (excluding diaryl/α,β-unsaturated/α-hetero) is 1. The van der Waals surface area contributed by atoms with E-state index in [1.54, 1.807) is 4.90 Å². The van der Waals surface area contributed by atoms with Crippen LogP contribution in [-0.4, -0.2) is 42.9 Å². The van der Waals surface area contributed by atoms with E-state index in [0.29, 0.717) is 32.7 Å². The second kappa shape index (κ2) is 5.75. The van der Waals surface area contributed by atoms with Crippen LogP contribution in [0.4, 0.5) is 0 Å². The highest BCUT2D eigenvalue weighted by Gasteiger charge is 2.22. The molecule has 4 heteroatoms. The summed E-state index contributed by atoms with van der Waals surface area (Å²) in [6.45, 7) is 4.65. The summed E-state index contributed by atoms with van der Waals surface area (Å²) in [7, 11) is 0. The summed E-state index contributed by atoms with van der Waals surface area (Å²) in [6.07, 6.45) is 1.46. The van der Waals surface area contributed by atoms with Gasteiger partial charge in [-0.1, -0.05) is 0 Å². The zero-order chi connectivity index (χ0) is 10.4. The Kier molecular flexibility index (Phi) is 4.59. The number of carbonyl (C=O) groups is 2. The van der Waals surface area contributed by atoms with Gasteiger partial charge < -0.3 is 9.64 Å². The first-order valence-corrected chi connectivity index (χ1v) is 5.11. The van der Waals surface area contributed by atoms with Gasteiger partial charge in [-0.05, 0) is 13.3 Å². The lowest BCUT2D eigenvalue weighted by Crippen LogP contribution is -2.39. The maximum Gasteiger partial charge on any atom is 0.230 e. The number of carbonyl (C=O) groups excluding carboxylic acids is 2. The molecule has 0 aromatic heterocycles. The third-order valence-electron chi connectivity index (χ3n) is 2.28. The molecule has 1 saturated heterocycles. The van der Waals surface area contributed by atoms with E-state index in [2.05, 4.69) is 0 Å². The minimum atomic E-state index is -0.0299. The molecule has 1 aliphatic heterocycles. The number of amides is 1. The van der Waals surface area contributed by atoms with Gasteiger partial charge in [0.1, 0.15) is 5.78 Å². The maximum atomic E-state index is 11.3. The molecule has 0 aliphatic carbocycles. The number of ether oxygens (including phenoxy) is 1. The number of ketones is 1. The Balaban J connectivity index is 2.17. The van der Waals surface area contributed by atoms with Gasteiger partial charge in [-0.15, -0.1) is 0 Å². The number of piperidine rings is 1. The van der Waals surface area contributed by atoms with Gasteiger partial charge in [0.25, 0.3) is 0 Å². The third-order valence-corrected chi connectivity index (χ3v) is 2.28. The molecule has 0 spiro atoms. The van der Waals surface area contributed by atoms with Crippen LogP contribution in [0.3, 0.4) is 0 Å². The Morgan fingerprint density at radius 3 is 2.86 bits per heavy atom. The Hall–Kier alpha value is -0.900. The molecule has 0 bridgehead atoms. The average Bonchev–Trinajstić information content (AvgIpc) is 2.15. The summed E-state index contributed by atoms with van der Waals surface area (Å²) in [6, 6.07) is 0. The van der Waals surface area contributed by atoms with Gasteiger partial charge in [0.05, 0.1) is 6.42 Å². The van der Waals surface area contributed by atoms with E-state index in [1.807, 2.05) is 6.92 Å². The first kappa shape index (κ1) is 11.2. The van der Waals surface area contributed by atoms with Crippen molar-refractivity contribution in [2.24, 2.45) is 0 Å². The second-order valence-corrected chi connectivity index (χ2v) is 3.40. The Morgan fingerprint density at radius 2 is 2.21 bits per heavy atom. The Bertz CT molecular complexity index is 215. The highest BCUT2D eigenvalue weighted by Crippen LogP contribution is 2.07. The first-order valence-electron chi connectivity index (χ1n) is 5.11. The van der Waals surface area contributed by atoms with Crippen molar-refractivity contribution in [3.63, 3.8) is 0 Å². The molecule has 4 nitrogen and oxygen atoms in total. The van der Waals surface area contributed by atoms with Gasteiger partial charge in [-0.25, -0.2) is 0 Å². The fourth-order valence-corrected chi connectivity index (χ4v) is 1.49. The van der Waals surface area contributed by atoms with Gasteiger partial charge in [-0.2, -0.15) is 0 Å². The molecular weight excluding hydrogens is 182 g/mol.